The number of benzene rings is 1. The molecule has 0 aliphatic carbocycles. The van der Waals surface area contributed by atoms with Gasteiger partial charge in [-0.15, -0.1) is 0 Å². The summed E-state index contributed by atoms with van der Waals surface area (Å²) >= 11 is 1.53. The Morgan fingerprint density at radius 3 is 2.38 bits per heavy atom. The lowest BCUT2D eigenvalue weighted by Crippen LogP contribution is -2.54. The van der Waals surface area contributed by atoms with Crippen LogP contribution in [-0.4, -0.2) is 71.2 Å². The fourth-order valence-electron chi connectivity index (χ4n) is 2.69. The number of carbonyl (C=O) groups excluding carboxylic acids is 1. The van der Waals surface area contributed by atoms with Crippen molar-refractivity contribution < 1.29 is 19.6 Å². The van der Waals surface area contributed by atoms with E-state index in [0.29, 0.717) is 38.4 Å². The minimum Gasteiger partial charge on any atom is -0.480 e. The molecule has 1 aliphatic rings. The molecule has 1 unspecified atom stereocenters. The number of hydrogen-bond donors (Lipinski definition) is 2. The molecule has 2 rings (SSSR count). The molecule has 2 N–H and O–H groups in total. The van der Waals surface area contributed by atoms with Crippen molar-refractivity contribution in [3.8, 4) is 0 Å². The molecule has 0 saturated carbocycles. The Morgan fingerprint density at radius 1 is 1.27 bits per heavy atom. The van der Waals surface area contributed by atoms with Crippen molar-refractivity contribution in [2.75, 3.05) is 43.1 Å². The fraction of sp³-hybridized carbons (Fsp3) is 0.500. The summed E-state index contributed by atoms with van der Waals surface area (Å²) in [5, 5.41) is 22.5. The van der Waals surface area contributed by atoms with Crippen molar-refractivity contribution in [2.24, 2.45) is 0 Å². The van der Waals surface area contributed by atoms with Gasteiger partial charge in [-0.25, -0.2) is 9.59 Å². The van der Waals surface area contributed by atoms with Gasteiger partial charge in [0, 0.05) is 44.0 Å². The highest BCUT2D eigenvalue weighted by Gasteiger charge is 2.26. The molecule has 1 aromatic carbocycles. The zero-order valence-electron chi connectivity index (χ0n) is 14.5. The molecule has 1 aromatic rings. The molecule has 1 saturated heterocycles. The minimum absolute atomic E-state index is 0.0386. The minimum atomic E-state index is -1.03. The van der Waals surface area contributed by atoms with Gasteiger partial charge < -0.3 is 20.2 Å². The summed E-state index contributed by atoms with van der Waals surface area (Å²) in [6.07, 6.45) is 2.27. The molecule has 26 heavy (non-hydrogen) atoms. The first-order valence-electron chi connectivity index (χ1n) is 8.19. The first kappa shape index (κ1) is 19.8. The highest BCUT2D eigenvalue weighted by Crippen LogP contribution is 2.20. The summed E-state index contributed by atoms with van der Waals surface area (Å²) in [6.45, 7) is 2.07. The van der Waals surface area contributed by atoms with Crippen molar-refractivity contribution in [1.82, 2.24) is 10.2 Å². The molecule has 9 nitrogen and oxygen atoms in total. The first-order valence-corrected chi connectivity index (χ1v) is 9.58. The molecule has 2 amide bonds. The molecule has 0 radical (unpaired) electrons. The zero-order chi connectivity index (χ0) is 19.1. The molecule has 0 spiro atoms. The average Bonchev–Trinajstić information content (AvgIpc) is 2.65. The van der Waals surface area contributed by atoms with E-state index in [-0.39, 0.29) is 11.7 Å². The van der Waals surface area contributed by atoms with Gasteiger partial charge in [-0.3, -0.25) is 10.1 Å². The number of nitro groups is 1. The number of nitrogens with zero attached hydrogens (tertiary/aromatic N) is 3. The number of hydrogen-bond acceptors (Lipinski definition) is 6. The van der Waals surface area contributed by atoms with Gasteiger partial charge in [-0.05, 0) is 30.6 Å². The number of thioether (sulfide) groups is 1. The van der Waals surface area contributed by atoms with E-state index in [2.05, 4.69) is 5.32 Å². The Balaban J connectivity index is 1.87. The molecule has 1 atom stereocenters. The summed E-state index contributed by atoms with van der Waals surface area (Å²) in [4.78, 5) is 37.4. The number of nitrogens with one attached hydrogen (secondary N) is 1. The number of nitro benzene ring substituents is 1. The number of carboxylic acids is 1. The topological polar surface area (TPSA) is 116 Å². The second-order valence-electron chi connectivity index (χ2n) is 5.87. The van der Waals surface area contributed by atoms with Crippen LogP contribution in [0.5, 0.6) is 0 Å². The monoisotopic (exact) mass is 382 g/mol. The third-order valence-corrected chi connectivity index (χ3v) is 4.84. The normalized spacial score (nSPS) is 15.4. The largest absolute Gasteiger partial charge is 0.480 e. The van der Waals surface area contributed by atoms with Crippen LogP contribution in [0.1, 0.15) is 6.42 Å². The van der Waals surface area contributed by atoms with Crippen LogP contribution < -0.4 is 10.2 Å². The summed E-state index contributed by atoms with van der Waals surface area (Å²) in [7, 11) is 0. The van der Waals surface area contributed by atoms with Gasteiger partial charge in [0.2, 0.25) is 0 Å². The van der Waals surface area contributed by atoms with Crippen LogP contribution >= 0.6 is 11.8 Å². The van der Waals surface area contributed by atoms with Gasteiger partial charge in [0.15, 0.2) is 0 Å². The van der Waals surface area contributed by atoms with Crippen molar-refractivity contribution in [2.45, 2.75) is 12.5 Å². The van der Waals surface area contributed by atoms with E-state index in [4.69, 9.17) is 0 Å². The number of anilines is 1. The summed E-state index contributed by atoms with van der Waals surface area (Å²) in [5.41, 5.74) is 0.899. The highest BCUT2D eigenvalue weighted by atomic mass is 32.2. The standard InChI is InChI=1S/C16H22N4O5S/c1-26-11-6-14(15(21)22)17-16(23)19-9-7-18(8-10-19)12-2-4-13(5-3-12)20(24)25/h2-5,14H,6-11H2,1H3,(H,17,23)(H,21,22). The number of rotatable bonds is 7. The maximum absolute atomic E-state index is 12.3. The number of non-ortho nitro benzene ring substituents is 1. The van der Waals surface area contributed by atoms with E-state index >= 15 is 0 Å². The Morgan fingerprint density at radius 2 is 1.88 bits per heavy atom. The third kappa shape index (κ3) is 5.25. The van der Waals surface area contributed by atoms with Crippen LogP contribution in [0.2, 0.25) is 0 Å². The highest BCUT2D eigenvalue weighted by molar-refractivity contribution is 7.98. The van der Waals surface area contributed by atoms with Crippen LogP contribution in [0.4, 0.5) is 16.2 Å². The van der Waals surface area contributed by atoms with Crippen molar-refractivity contribution >= 4 is 35.1 Å². The molecule has 0 bridgehead atoms. The van der Waals surface area contributed by atoms with Crippen molar-refractivity contribution in [3.05, 3.63) is 34.4 Å². The maximum atomic E-state index is 12.3. The average molecular weight is 382 g/mol. The van der Waals surface area contributed by atoms with Crippen molar-refractivity contribution in [1.29, 1.82) is 0 Å². The number of piperazine rings is 1. The van der Waals surface area contributed by atoms with Gasteiger partial charge in [-0.1, -0.05) is 0 Å². The molecule has 1 heterocycles. The maximum Gasteiger partial charge on any atom is 0.326 e. The van der Waals surface area contributed by atoms with Crippen LogP contribution in [-0.2, 0) is 4.79 Å². The van der Waals surface area contributed by atoms with E-state index in [1.165, 1.54) is 23.9 Å². The van der Waals surface area contributed by atoms with Crippen LogP contribution in [0, 0.1) is 10.1 Å². The van der Waals surface area contributed by atoms with Crippen LogP contribution in [0.15, 0.2) is 24.3 Å². The molecule has 1 fully saturated rings. The molecular formula is C16H22N4O5S. The number of aliphatic carboxylic acids is 1. The number of amides is 2. The quantitative estimate of drug-likeness (QED) is 0.544. The van der Waals surface area contributed by atoms with Crippen LogP contribution in [0.3, 0.4) is 0 Å². The summed E-state index contributed by atoms with van der Waals surface area (Å²) in [6, 6.07) is 5.03. The molecule has 142 valence electrons. The van der Waals surface area contributed by atoms with E-state index in [0.717, 1.165) is 5.69 Å². The lowest BCUT2D eigenvalue weighted by molar-refractivity contribution is -0.384. The Hall–Kier alpha value is -2.49. The van der Waals surface area contributed by atoms with Crippen LogP contribution in [0.25, 0.3) is 0 Å². The van der Waals surface area contributed by atoms with Crippen molar-refractivity contribution in [3.63, 3.8) is 0 Å². The number of urea groups is 1. The molecule has 10 heteroatoms. The smallest absolute Gasteiger partial charge is 0.326 e. The number of carbonyl (C=O) groups is 2. The van der Waals surface area contributed by atoms with E-state index in [1.807, 2.05) is 11.2 Å². The Kier molecular flexibility index (Phi) is 7.07. The van der Waals surface area contributed by atoms with Gasteiger partial charge in [-0.2, -0.15) is 11.8 Å². The lowest BCUT2D eigenvalue weighted by Gasteiger charge is -2.36. The number of carboxylic acid groups (broad SMARTS) is 1. The second-order valence-corrected chi connectivity index (χ2v) is 6.85. The predicted octanol–water partition coefficient (Wildman–Crippen LogP) is 1.63. The molecular weight excluding hydrogens is 360 g/mol. The third-order valence-electron chi connectivity index (χ3n) is 4.20. The van der Waals surface area contributed by atoms with Gasteiger partial charge in [0.1, 0.15) is 6.04 Å². The summed E-state index contributed by atoms with van der Waals surface area (Å²) in [5.74, 6) is -0.373. The molecule has 1 aliphatic heterocycles. The molecule has 0 aromatic heterocycles. The Labute approximate surface area is 155 Å². The lowest BCUT2D eigenvalue weighted by atomic mass is 10.2. The zero-order valence-corrected chi connectivity index (χ0v) is 15.3. The first-order chi connectivity index (χ1) is 12.4. The predicted molar refractivity (Wildman–Crippen MR) is 99.8 cm³/mol. The van der Waals surface area contributed by atoms with E-state index in [9.17, 15) is 24.8 Å². The second kappa shape index (κ2) is 9.27. The van der Waals surface area contributed by atoms with E-state index in [1.54, 1.807) is 17.0 Å². The summed E-state index contributed by atoms with van der Waals surface area (Å²) < 4.78 is 0. The van der Waals surface area contributed by atoms with Gasteiger partial charge in [0.25, 0.3) is 5.69 Å². The Bertz CT molecular complexity index is 647. The SMILES string of the molecule is CSCCC(NC(=O)N1CCN(c2ccc([N+](=O)[O-])cc2)CC1)C(=O)O. The van der Waals surface area contributed by atoms with Gasteiger partial charge >= 0.3 is 12.0 Å². The van der Waals surface area contributed by atoms with E-state index < -0.39 is 16.9 Å². The fourth-order valence-corrected chi connectivity index (χ4v) is 3.16. The van der Waals surface area contributed by atoms with Gasteiger partial charge in [0.05, 0.1) is 4.92 Å².